The molecule has 0 spiro atoms. The highest BCUT2D eigenvalue weighted by molar-refractivity contribution is 7.89. The predicted molar refractivity (Wildman–Crippen MR) is 100 cm³/mol. The average Bonchev–Trinajstić information content (AvgIpc) is 3.24. The molecule has 29 heavy (non-hydrogen) atoms. The number of ether oxygens (including phenoxy) is 1. The number of hydrogen-bond donors (Lipinski definition) is 0. The fourth-order valence-electron chi connectivity index (χ4n) is 2.86. The van der Waals surface area contributed by atoms with Crippen LogP contribution in [0, 0.1) is 11.6 Å². The SMILES string of the molecule is O=C(COC(=O)c1cc(F)c(F)cc1Cl)c1ccc(S(=O)(=O)N2CCCC2)cc1. The summed E-state index contributed by atoms with van der Waals surface area (Å²) >= 11 is 5.69. The van der Waals surface area contributed by atoms with E-state index in [1.165, 1.54) is 28.6 Å². The third-order valence-electron chi connectivity index (χ3n) is 4.44. The highest BCUT2D eigenvalue weighted by atomic mass is 35.5. The molecule has 1 aliphatic rings. The van der Waals surface area contributed by atoms with Crippen molar-refractivity contribution in [3.05, 3.63) is 64.2 Å². The lowest BCUT2D eigenvalue weighted by Gasteiger charge is -2.15. The Morgan fingerprint density at radius 3 is 2.24 bits per heavy atom. The van der Waals surface area contributed by atoms with Crippen molar-refractivity contribution < 1.29 is 31.5 Å². The lowest BCUT2D eigenvalue weighted by Crippen LogP contribution is -2.27. The van der Waals surface area contributed by atoms with Gasteiger partial charge in [-0.2, -0.15) is 4.31 Å². The first kappa shape index (κ1) is 21.4. The van der Waals surface area contributed by atoms with E-state index in [4.69, 9.17) is 16.3 Å². The Balaban J connectivity index is 1.65. The Kier molecular flexibility index (Phi) is 6.30. The molecule has 2 aromatic rings. The van der Waals surface area contributed by atoms with E-state index in [-0.39, 0.29) is 15.5 Å². The number of Topliss-reactive ketones (excluding diaryl/α,β-unsaturated/α-hetero) is 1. The normalized spacial score (nSPS) is 14.7. The van der Waals surface area contributed by atoms with Crippen LogP contribution in [0.5, 0.6) is 0 Å². The van der Waals surface area contributed by atoms with Crippen LogP contribution in [-0.2, 0) is 14.8 Å². The van der Waals surface area contributed by atoms with Gasteiger partial charge in [0.15, 0.2) is 24.0 Å². The van der Waals surface area contributed by atoms with Crippen LogP contribution in [0.4, 0.5) is 8.78 Å². The topological polar surface area (TPSA) is 80.8 Å². The third kappa shape index (κ3) is 4.63. The van der Waals surface area contributed by atoms with Crippen molar-refractivity contribution in [2.75, 3.05) is 19.7 Å². The lowest BCUT2D eigenvalue weighted by molar-refractivity contribution is 0.0474. The number of sulfonamides is 1. The second-order valence-electron chi connectivity index (χ2n) is 6.38. The molecule has 1 aliphatic heterocycles. The zero-order valence-electron chi connectivity index (χ0n) is 15.0. The van der Waals surface area contributed by atoms with Gasteiger partial charge in [0.25, 0.3) is 0 Å². The molecule has 3 rings (SSSR count). The van der Waals surface area contributed by atoms with E-state index in [1.54, 1.807) is 0 Å². The molecule has 1 heterocycles. The number of carbonyl (C=O) groups excluding carboxylic acids is 2. The van der Waals surface area contributed by atoms with Crippen LogP contribution in [0.2, 0.25) is 5.02 Å². The summed E-state index contributed by atoms with van der Waals surface area (Å²) in [4.78, 5) is 24.2. The standard InChI is InChI=1S/C19H16ClF2NO5S/c20-15-10-17(22)16(21)9-14(15)19(25)28-11-18(24)12-3-5-13(6-4-12)29(26,27)23-7-1-2-8-23/h3-6,9-10H,1-2,7-8,11H2. The zero-order chi connectivity index (χ0) is 21.2. The third-order valence-corrected chi connectivity index (χ3v) is 6.67. The number of rotatable bonds is 6. The molecular weight excluding hydrogens is 428 g/mol. The van der Waals surface area contributed by atoms with E-state index in [0.717, 1.165) is 12.8 Å². The zero-order valence-corrected chi connectivity index (χ0v) is 16.6. The van der Waals surface area contributed by atoms with Gasteiger partial charge in [0.2, 0.25) is 10.0 Å². The van der Waals surface area contributed by atoms with Gasteiger partial charge in [-0.3, -0.25) is 4.79 Å². The van der Waals surface area contributed by atoms with Gasteiger partial charge in [-0.05, 0) is 49.2 Å². The Labute approximate surface area is 171 Å². The molecule has 1 saturated heterocycles. The molecule has 1 fully saturated rings. The molecule has 0 aromatic heterocycles. The van der Waals surface area contributed by atoms with E-state index in [2.05, 4.69) is 0 Å². The molecule has 0 N–H and O–H groups in total. The Morgan fingerprint density at radius 2 is 1.62 bits per heavy atom. The van der Waals surface area contributed by atoms with Gasteiger partial charge >= 0.3 is 5.97 Å². The number of nitrogens with zero attached hydrogens (tertiary/aromatic N) is 1. The second kappa shape index (κ2) is 8.56. The first-order chi connectivity index (χ1) is 13.7. The Bertz CT molecular complexity index is 1050. The number of esters is 1. The highest BCUT2D eigenvalue weighted by Gasteiger charge is 2.27. The molecule has 2 aromatic carbocycles. The maximum absolute atomic E-state index is 13.3. The predicted octanol–water partition coefficient (Wildman–Crippen LogP) is 3.44. The fourth-order valence-corrected chi connectivity index (χ4v) is 4.61. The van der Waals surface area contributed by atoms with Gasteiger partial charge in [0, 0.05) is 18.7 Å². The summed E-state index contributed by atoms with van der Waals surface area (Å²) in [5.41, 5.74) is -0.278. The Hall–Kier alpha value is -2.36. The van der Waals surface area contributed by atoms with Crippen LogP contribution < -0.4 is 0 Å². The molecule has 0 amide bonds. The van der Waals surface area contributed by atoms with Gasteiger partial charge < -0.3 is 4.74 Å². The van der Waals surface area contributed by atoms with Crippen LogP contribution in [-0.4, -0.2) is 44.2 Å². The van der Waals surface area contributed by atoms with Crippen LogP contribution in [0.15, 0.2) is 41.3 Å². The van der Waals surface area contributed by atoms with Crippen molar-refractivity contribution in [1.82, 2.24) is 4.31 Å². The highest BCUT2D eigenvalue weighted by Crippen LogP contribution is 2.22. The van der Waals surface area contributed by atoms with Crippen LogP contribution >= 0.6 is 11.6 Å². The van der Waals surface area contributed by atoms with Crippen LogP contribution in [0.3, 0.4) is 0 Å². The number of carbonyl (C=O) groups is 2. The number of hydrogen-bond acceptors (Lipinski definition) is 5. The molecule has 0 aliphatic carbocycles. The van der Waals surface area contributed by atoms with E-state index in [1.807, 2.05) is 0 Å². The van der Waals surface area contributed by atoms with Gasteiger partial charge in [0.05, 0.1) is 15.5 Å². The summed E-state index contributed by atoms with van der Waals surface area (Å²) in [6.45, 7) is 0.253. The average molecular weight is 444 g/mol. The summed E-state index contributed by atoms with van der Waals surface area (Å²) < 4.78 is 57.5. The fraction of sp³-hybridized carbons (Fsp3) is 0.263. The van der Waals surface area contributed by atoms with Crippen molar-refractivity contribution in [3.8, 4) is 0 Å². The van der Waals surface area contributed by atoms with Crippen molar-refractivity contribution in [1.29, 1.82) is 0 Å². The van der Waals surface area contributed by atoms with Crippen LogP contribution in [0.25, 0.3) is 0 Å². The lowest BCUT2D eigenvalue weighted by atomic mass is 10.1. The molecule has 154 valence electrons. The maximum atomic E-state index is 13.3. The smallest absolute Gasteiger partial charge is 0.340 e. The minimum absolute atomic E-state index is 0.0708. The van der Waals surface area contributed by atoms with Gasteiger partial charge in [-0.1, -0.05) is 11.6 Å². The molecule has 0 bridgehead atoms. The summed E-state index contributed by atoms with van der Waals surface area (Å²) in [5, 5.41) is -0.349. The molecule has 0 atom stereocenters. The van der Waals surface area contributed by atoms with E-state index in [0.29, 0.717) is 25.2 Å². The van der Waals surface area contributed by atoms with Crippen LogP contribution in [0.1, 0.15) is 33.6 Å². The van der Waals surface area contributed by atoms with E-state index < -0.39 is 45.6 Å². The minimum atomic E-state index is -3.60. The van der Waals surface area contributed by atoms with Gasteiger partial charge in [0.1, 0.15) is 0 Å². The number of halogens is 3. The molecule has 0 radical (unpaired) electrons. The first-order valence-corrected chi connectivity index (χ1v) is 10.5. The quantitative estimate of drug-likeness (QED) is 0.388. The molecule has 10 heteroatoms. The summed E-state index contributed by atoms with van der Waals surface area (Å²) in [5.74, 6) is -4.17. The van der Waals surface area contributed by atoms with Crippen molar-refractivity contribution in [3.63, 3.8) is 0 Å². The largest absolute Gasteiger partial charge is 0.454 e. The van der Waals surface area contributed by atoms with Crippen molar-refractivity contribution in [2.24, 2.45) is 0 Å². The molecular formula is C19H16ClF2NO5S. The molecule has 0 unspecified atom stereocenters. The van der Waals surface area contributed by atoms with Gasteiger partial charge in [-0.25, -0.2) is 22.0 Å². The summed E-state index contributed by atoms with van der Waals surface area (Å²) in [6, 6.07) is 6.49. The van der Waals surface area contributed by atoms with E-state index >= 15 is 0 Å². The molecule has 0 saturated carbocycles. The number of ketones is 1. The maximum Gasteiger partial charge on any atom is 0.340 e. The Morgan fingerprint density at radius 1 is 1.03 bits per heavy atom. The number of benzene rings is 2. The summed E-state index contributed by atoms with van der Waals surface area (Å²) in [7, 11) is -3.60. The molecule has 6 nitrogen and oxygen atoms in total. The minimum Gasteiger partial charge on any atom is -0.454 e. The van der Waals surface area contributed by atoms with E-state index in [9.17, 15) is 26.8 Å². The van der Waals surface area contributed by atoms with Crippen molar-refractivity contribution >= 4 is 33.4 Å². The second-order valence-corrected chi connectivity index (χ2v) is 8.73. The monoisotopic (exact) mass is 443 g/mol. The van der Waals surface area contributed by atoms with Crippen molar-refractivity contribution in [2.45, 2.75) is 17.7 Å². The summed E-state index contributed by atoms with van der Waals surface area (Å²) in [6.07, 6.45) is 1.62. The first-order valence-electron chi connectivity index (χ1n) is 8.65. The van der Waals surface area contributed by atoms with Gasteiger partial charge in [-0.15, -0.1) is 0 Å².